The molecule has 3 aliphatic rings. The Kier molecular flexibility index (Phi) is 8.89. The number of hydrogen-bond acceptors (Lipinski definition) is 5. The van der Waals surface area contributed by atoms with Crippen molar-refractivity contribution in [3.05, 3.63) is 57.9 Å². The Labute approximate surface area is 246 Å². The number of carbonyl (C=O) groups excluding carboxylic acids is 1. The Hall–Kier alpha value is -3.05. The summed E-state index contributed by atoms with van der Waals surface area (Å²) in [6.45, 7) is 3.42. The van der Waals surface area contributed by atoms with E-state index in [1.54, 1.807) is 6.07 Å². The van der Waals surface area contributed by atoms with Gasteiger partial charge in [-0.1, -0.05) is 18.5 Å². The summed E-state index contributed by atoms with van der Waals surface area (Å²) in [7, 11) is 0. The summed E-state index contributed by atoms with van der Waals surface area (Å²) in [4.78, 5) is 28.3. The number of rotatable bonds is 9. The first-order chi connectivity index (χ1) is 19.9. The smallest absolute Gasteiger partial charge is 0.490 e. The summed E-state index contributed by atoms with van der Waals surface area (Å²) >= 11 is 6.00. The number of aliphatic carboxylic acids is 1. The van der Waals surface area contributed by atoms with Crippen LogP contribution in [0.1, 0.15) is 79.3 Å². The predicted octanol–water partition coefficient (Wildman–Crippen LogP) is 6.77. The van der Waals surface area contributed by atoms with Crippen molar-refractivity contribution in [3.8, 4) is 11.5 Å². The molecule has 2 saturated heterocycles. The van der Waals surface area contributed by atoms with E-state index >= 15 is 4.39 Å². The lowest BCUT2D eigenvalue weighted by atomic mass is 9.94. The van der Waals surface area contributed by atoms with Crippen LogP contribution in [0.3, 0.4) is 0 Å². The number of ether oxygens (including phenoxy) is 2. The largest absolute Gasteiger partial charge is 0.573 e. The molecule has 3 fully saturated rings. The highest BCUT2D eigenvalue weighted by Crippen LogP contribution is 2.43. The van der Waals surface area contributed by atoms with Crippen LogP contribution in [-0.4, -0.2) is 64.4 Å². The molecule has 1 N–H and O–H groups in total. The molecular weight excluding hydrogens is 580 g/mol. The van der Waals surface area contributed by atoms with Crippen molar-refractivity contribution >= 4 is 23.5 Å². The van der Waals surface area contributed by atoms with E-state index in [9.17, 15) is 27.9 Å². The second-order valence-corrected chi connectivity index (χ2v) is 11.7. The van der Waals surface area contributed by atoms with Crippen LogP contribution in [0.25, 0.3) is 0 Å². The van der Waals surface area contributed by atoms with Gasteiger partial charge in [0.1, 0.15) is 29.5 Å². The van der Waals surface area contributed by atoms with Gasteiger partial charge in [-0.25, -0.2) is 9.18 Å². The van der Waals surface area contributed by atoms with Crippen molar-refractivity contribution < 1.29 is 41.7 Å². The standard InChI is InChI=1S/C30H33ClF4N2O5/c1-2-20-13-21(41-22-11-19(31)12-23(14-22)42-30(33,34)35)7-9-36(20)16-18-10-26(32)25(15-24(18)17-5-6-17)28(38)37-8-3-4-27(37)29(39)40/h10-12,14-15,17,20-21,27H,2-9,13,16H2,1H3,(H,39,40)/t20-,21-,27-/m0/s1. The zero-order valence-electron chi connectivity index (χ0n) is 23.1. The molecule has 42 heavy (non-hydrogen) atoms. The monoisotopic (exact) mass is 612 g/mol. The molecule has 2 aromatic rings. The van der Waals surface area contributed by atoms with E-state index < -0.39 is 35.8 Å². The van der Waals surface area contributed by atoms with Gasteiger partial charge >= 0.3 is 12.3 Å². The van der Waals surface area contributed by atoms with Crippen LogP contribution < -0.4 is 9.47 Å². The van der Waals surface area contributed by atoms with E-state index in [1.165, 1.54) is 23.1 Å². The molecule has 12 heteroatoms. The molecule has 1 amide bonds. The summed E-state index contributed by atoms with van der Waals surface area (Å²) in [6, 6.07) is 5.88. The minimum absolute atomic E-state index is 0.0657. The topological polar surface area (TPSA) is 79.3 Å². The molecule has 1 saturated carbocycles. The van der Waals surface area contributed by atoms with Gasteiger partial charge in [-0.05, 0) is 86.3 Å². The molecule has 0 aromatic heterocycles. The molecule has 0 bridgehead atoms. The van der Waals surface area contributed by atoms with E-state index in [0.29, 0.717) is 38.8 Å². The first kappa shape index (κ1) is 30.4. The van der Waals surface area contributed by atoms with Gasteiger partial charge in [-0.3, -0.25) is 9.69 Å². The number of amides is 1. The Morgan fingerprint density at radius 1 is 1.05 bits per heavy atom. The zero-order chi connectivity index (χ0) is 30.2. The minimum Gasteiger partial charge on any atom is -0.490 e. The minimum atomic E-state index is -4.85. The first-order valence-corrected chi connectivity index (χ1v) is 14.6. The molecule has 0 radical (unpaired) electrons. The lowest BCUT2D eigenvalue weighted by molar-refractivity contribution is -0.274. The number of carbonyl (C=O) groups is 2. The second-order valence-electron chi connectivity index (χ2n) is 11.3. The Bertz CT molecular complexity index is 1340. The molecule has 5 rings (SSSR count). The molecule has 3 atom stereocenters. The lowest BCUT2D eigenvalue weighted by Gasteiger charge is -2.39. The Morgan fingerprint density at radius 2 is 1.79 bits per heavy atom. The van der Waals surface area contributed by atoms with Crippen molar-refractivity contribution in [2.75, 3.05) is 13.1 Å². The molecular formula is C30H33ClF4N2O5. The van der Waals surface area contributed by atoms with Gasteiger partial charge in [0.15, 0.2) is 0 Å². The van der Waals surface area contributed by atoms with Gasteiger partial charge in [-0.15, -0.1) is 13.2 Å². The van der Waals surface area contributed by atoms with Crippen molar-refractivity contribution in [1.29, 1.82) is 0 Å². The van der Waals surface area contributed by atoms with Crippen molar-refractivity contribution in [2.24, 2.45) is 0 Å². The van der Waals surface area contributed by atoms with E-state index in [1.807, 2.05) is 6.92 Å². The van der Waals surface area contributed by atoms with Crippen LogP contribution in [0.15, 0.2) is 30.3 Å². The molecule has 2 aromatic carbocycles. The molecule has 0 spiro atoms. The van der Waals surface area contributed by atoms with Gasteiger partial charge in [0, 0.05) is 36.8 Å². The third-order valence-electron chi connectivity index (χ3n) is 8.29. The number of benzene rings is 2. The normalized spacial score (nSPS) is 23.2. The van der Waals surface area contributed by atoms with Gasteiger partial charge in [-0.2, -0.15) is 0 Å². The molecule has 228 valence electrons. The van der Waals surface area contributed by atoms with Gasteiger partial charge < -0.3 is 19.5 Å². The van der Waals surface area contributed by atoms with Crippen LogP contribution in [0.2, 0.25) is 5.02 Å². The van der Waals surface area contributed by atoms with E-state index in [4.69, 9.17) is 16.3 Å². The fourth-order valence-corrected chi connectivity index (χ4v) is 6.35. The van der Waals surface area contributed by atoms with Crippen LogP contribution in [-0.2, 0) is 11.3 Å². The third kappa shape index (κ3) is 7.11. The van der Waals surface area contributed by atoms with Crippen LogP contribution in [0, 0.1) is 5.82 Å². The average Bonchev–Trinajstić information content (AvgIpc) is 3.62. The zero-order valence-corrected chi connectivity index (χ0v) is 23.9. The first-order valence-electron chi connectivity index (χ1n) is 14.2. The number of carboxylic acid groups (broad SMARTS) is 1. The van der Waals surface area contributed by atoms with Crippen LogP contribution in [0.5, 0.6) is 11.5 Å². The molecule has 7 nitrogen and oxygen atoms in total. The SMILES string of the molecule is CC[C@H]1C[C@@H](Oc2cc(Cl)cc(OC(F)(F)F)c2)CCN1Cc1cc(F)c(C(=O)N2CCC[C@H]2C(=O)O)cc1C1CC1. The molecule has 0 unspecified atom stereocenters. The summed E-state index contributed by atoms with van der Waals surface area (Å²) in [5.74, 6) is -2.34. The van der Waals surface area contributed by atoms with Gasteiger partial charge in [0.25, 0.3) is 5.91 Å². The number of hydrogen-bond donors (Lipinski definition) is 1. The quantitative estimate of drug-likeness (QED) is 0.315. The number of piperidine rings is 1. The summed E-state index contributed by atoms with van der Waals surface area (Å²) in [5.41, 5.74) is 1.66. The number of alkyl halides is 3. The Morgan fingerprint density at radius 3 is 2.45 bits per heavy atom. The van der Waals surface area contributed by atoms with Gasteiger partial charge in [0.2, 0.25) is 0 Å². The fraction of sp³-hybridized carbons (Fsp3) is 0.533. The van der Waals surface area contributed by atoms with Crippen LogP contribution >= 0.6 is 11.6 Å². The highest BCUT2D eigenvalue weighted by molar-refractivity contribution is 6.30. The Balaban J connectivity index is 1.29. The average molecular weight is 613 g/mol. The number of likely N-dealkylation sites (tertiary alicyclic amines) is 2. The molecule has 2 heterocycles. The summed E-state index contributed by atoms with van der Waals surface area (Å²) < 4.78 is 63.5. The maximum Gasteiger partial charge on any atom is 0.573 e. The second kappa shape index (κ2) is 12.3. The van der Waals surface area contributed by atoms with Crippen molar-refractivity contribution in [2.45, 2.75) is 88.9 Å². The predicted molar refractivity (Wildman–Crippen MR) is 146 cm³/mol. The van der Waals surface area contributed by atoms with Gasteiger partial charge in [0.05, 0.1) is 5.56 Å². The maximum absolute atomic E-state index is 15.4. The molecule has 1 aliphatic carbocycles. The number of nitrogens with zero attached hydrogens (tertiary/aromatic N) is 2. The highest BCUT2D eigenvalue weighted by Gasteiger charge is 2.37. The summed E-state index contributed by atoms with van der Waals surface area (Å²) in [6.07, 6.45) is -0.304. The lowest BCUT2D eigenvalue weighted by Crippen LogP contribution is -2.45. The molecule has 2 aliphatic heterocycles. The van der Waals surface area contributed by atoms with Crippen molar-refractivity contribution in [3.63, 3.8) is 0 Å². The van der Waals surface area contributed by atoms with E-state index in [0.717, 1.165) is 36.5 Å². The van der Waals surface area contributed by atoms with E-state index in [-0.39, 0.29) is 40.9 Å². The van der Waals surface area contributed by atoms with E-state index in [2.05, 4.69) is 9.64 Å². The number of carboxylic acids is 1. The highest BCUT2D eigenvalue weighted by atomic mass is 35.5. The van der Waals surface area contributed by atoms with Crippen molar-refractivity contribution in [1.82, 2.24) is 9.80 Å². The maximum atomic E-state index is 15.4. The fourth-order valence-electron chi connectivity index (χ4n) is 6.14. The third-order valence-corrected chi connectivity index (χ3v) is 8.51. The summed E-state index contributed by atoms with van der Waals surface area (Å²) in [5, 5.41) is 9.55. The number of halogens is 5. The van der Waals surface area contributed by atoms with Crippen LogP contribution in [0.4, 0.5) is 17.6 Å².